The van der Waals surface area contributed by atoms with E-state index in [0.717, 1.165) is 23.3 Å². The molecule has 0 radical (unpaired) electrons. The molecule has 1 aliphatic rings. The standard InChI is InChI=1S/C24H33NS/c1-3-4-5-6-19-7-10-21(11-8-19)22-12-14-23(15-13-22)24-16-9-20(17-25-24)18-26-2/h9,12-17,19,21H,3-8,10-11,18H2,1-2H3. The van der Waals surface area contributed by atoms with E-state index in [-0.39, 0.29) is 0 Å². The van der Waals surface area contributed by atoms with E-state index in [9.17, 15) is 0 Å². The second-order valence-corrected chi connectivity index (χ2v) is 8.69. The predicted molar refractivity (Wildman–Crippen MR) is 116 cm³/mol. The first-order valence-corrected chi connectivity index (χ1v) is 11.7. The average molecular weight is 368 g/mol. The Hall–Kier alpha value is -1.28. The molecule has 2 heteroatoms. The van der Waals surface area contributed by atoms with Crippen molar-refractivity contribution in [1.29, 1.82) is 0 Å². The maximum Gasteiger partial charge on any atom is 0.0702 e. The zero-order chi connectivity index (χ0) is 18.2. The fraction of sp³-hybridized carbons (Fsp3) is 0.542. The number of pyridine rings is 1. The quantitative estimate of drug-likeness (QED) is 0.449. The molecule has 0 aliphatic heterocycles. The first kappa shape index (κ1) is 19.5. The average Bonchev–Trinajstić information content (AvgIpc) is 2.70. The van der Waals surface area contributed by atoms with Gasteiger partial charge in [0, 0.05) is 17.5 Å². The van der Waals surface area contributed by atoms with E-state index >= 15 is 0 Å². The van der Waals surface area contributed by atoms with E-state index in [2.05, 4.69) is 54.6 Å². The van der Waals surface area contributed by atoms with Crippen LogP contribution in [0.15, 0.2) is 42.6 Å². The van der Waals surface area contributed by atoms with Crippen LogP contribution in [0.25, 0.3) is 11.3 Å². The van der Waals surface area contributed by atoms with Crippen LogP contribution in [0, 0.1) is 5.92 Å². The second-order valence-electron chi connectivity index (χ2n) is 7.82. The summed E-state index contributed by atoms with van der Waals surface area (Å²) in [5.41, 5.74) is 5.15. The van der Waals surface area contributed by atoms with Gasteiger partial charge < -0.3 is 0 Å². The van der Waals surface area contributed by atoms with Gasteiger partial charge >= 0.3 is 0 Å². The monoisotopic (exact) mass is 367 g/mol. The van der Waals surface area contributed by atoms with Crippen molar-refractivity contribution < 1.29 is 0 Å². The minimum atomic E-state index is 0.767. The van der Waals surface area contributed by atoms with Gasteiger partial charge in [-0.15, -0.1) is 0 Å². The highest BCUT2D eigenvalue weighted by Gasteiger charge is 2.22. The van der Waals surface area contributed by atoms with Crippen LogP contribution in [0.4, 0.5) is 0 Å². The van der Waals surface area contributed by atoms with Gasteiger partial charge in [-0.3, -0.25) is 4.98 Å². The van der Waals surface area contributed by atoms with Crippen molar-refractivity contribution >= 4 is 11.8 Å². The highest BCUT2D eigenvalue weighted by Crippen LogP contribution is 2.38. The number of thioether (sulfide) groups is 1. The number of hydrogen-bond donors (Lipinski definition) is 0. The Morgan fingerprint density at radius 1 is 0.962 bits per heavy atom. The van der Waals surface area contributed by atoms with E-state index in [1.54, 1.807) is 0 Å². The summed E-state index contributed by atoms with van der Waals surface area (Å²) >= 11 is 1.84. The minimum absolute atomic E-state index is 0.767. The summed E-state index contributed by atoms with van der Waals surface area (Å²) in [5.74, 6) is 2.79. The summed E-state index contributed by atoms with van der Waals surface area (Å²) in [5, 5.41) is 0. The highest BCUT2D eigenvalue weighted by atomic mass is 32.2. The molecule has 1 saturated carbocycles. The van der Waals surface area contributed by atoms with Crippen molar-refractivity contribution in [3.63, 3.8) is 0 Å². The van der Waals surface area contributed by atoms with Gasteiger partial charge in [0.05, 0.1) is 5.69 Å². The fourth-order valence-electron chi connectivity index (χ4n) is 4.24. The molecule has 0 unspecified atom stereocenters. The lowest BCUT2D eigenvalue weighted by molar-refractivity contribution is 0.303. The molecule has 1 aromatic carbocycles. The Labute approximate surface area is 164 Å². The van der Waals surface area contributed by atoms with Gasteiger partial charge in [-0.1, -0.05) is 62.9 Å². The van der Waals surface area contributed by atoms with E-state index in [1.165, 1.54) is 68.1 Å². The lowest BCUT2D eigenvalue weighted by Gasteiger charge is -2.29. The summed E-state index contributed by atoms with van der Waals surface area (Å²) in [4.78, 5) is 4.64. The molecule has 0 N–H and O–H groups in total. The lowest BCUT2D eigenvalue weighted by atomic mass is 9.77. The minimum Gasteiger partial charge on any atom is -0.256 e. The van der Waals surface area contributed by atoms with Crippen molar-refractivity contribution in [2.75, 3.05) is 6.26 Å². The molecule has 1 aromatic heterocycles. The van der Waals surface area contributed by atoms with Crippen molar-refractivity contribution in [3.8, 4) is 11.3 Å². The largest absolute Gasteiger partial charge is 0.256 e. The van der Waals surface area contributed by atoms with Gasteiger partial charge in [-0.25, -0.2) is 0 Å². The van der Waals surface area contributed by atoms with Gasteiger partial charge in [0.25, 0.3) is 0 Å². The van der Waals surface area contributed by atoms with Gasteiger partial charge in [-0.05, 0) is 61.0 Å². The molecule has 1 nitrogen and oxygen atoms in total. The maximum absolute atomic E-state index is 4.64. The van der Waals surface area contributed by atoms with Crippen LogP contribution in [0.1, 0.15) is 75.3 Å². The zero-order valence-electron chi connectivity index (χ0n) is 16.4. The number of hydrogen-bond acceptors (Lipinski definition) is 2. The molecule has 0 atom stereocenters. The summed E-state index contributed by atoms with van der Waals surface area (Å²) in [6.45, 7) is 2.30. The SMILES string of the molecule is CCCCCC1CCC(c2ccc(-c3ccc(CSC)cn3)cc2)CC1. The molecule has 3 rings (SSSR count). The first-order chi connectivity index (χ1) is 12.8. The molecule has 140 valence electrons. The summed E-state index contributed by atoms with van der Waals surface area (Å²) in [7, 11) is 0. The van der Waals surface area contributed by atoms with Gasteiger partial charge in [0.15, 0.2) is 0 Å². The van der Waals surface area contributed by atoms with Crippen LogP contribution in [-0.4, -0.2) is 11.2 Å². The van der Waals surface area contributed by atoms with Crippen molar-refractivity contribution in [3.05, 3.63) is 53.7 Å². The number of rotatable bonds is 8. The van der Waals surface area contributed by atoms with Gasteiger partial charge in [0.1, 0.15) is 0 Å². The number of benzene rings is 1. The summed E-state index contributed by atoms with van der Waals surface area (Å²) in [6, 6.07) is 13.6. The Morgan fingerprint density at radius 3 is 2.35 bits per heavy atom. The number of unbranched alkanes of at least 4 members (excludes halogenated alkanes) is 2. The van der Waals surface area contributed by atoms with Gasteiger partial charge in [-0.2, -0.15) is 11.8 Å². The molecule has 2 aromatic rings. The molecule has 26 heavy (non-hydrogen) atoms. The Balaban J connectivity index is 1.55. The lowest BCUT2D eigenvalue weighted by Crippen LogP contribution is -2.13. The zero-order valence-corrected chi connectivity index (χ0v) is 17.2. The predicted octanol–water partition coefficient (Wildman–Crippen LogP) is 7.47. The van der Waals surface area contributed by atoms with Crippen LogP contribution >= 0.6 is 11.8 Å². The van der Waals surface area contributed by atoms with Crippen LogP contribution in [0.5, 0.6) is 0 Å². The van der Waals surface area contributed by atoms with Crippen LogP contribution in [0.3, 0.4) is 0 Å². The normalized spacial score (nSPS) is 20.2. The van der Waals surface area contributed by atoms with Crippen LogP contribution < -0.4 is 0 Å². The molecule has 0 saturated heterocycles. The molecule has 1 heterocycles. The van der Waals surface area contributed by atoms with Crippen molar-refractivity contribution in [2.45, 2.75) is 70.0 Å². The third kappa shape index (κ3) is 5.36. The second kappa shape index (κ2) is 10.2. The molecule has 0 bridgehead atoms. The van der Waals surface area contributed by atoms with Crippen molar-refractivity contribution in [2.24, 2.45) is 5.92 Å². The number of aromatic nitrogens is 1. The van der Waals surface area contributed by atoms with E-state index in [4.69, 9.17) is 0 Å². The smallest absolute Gasteiger partial charge is 0.0702 e. The van der Waals surface area contributed by atoms with E-state index < -0.39 is 0 Å². The summed E-state index contributed by atoms with van der Waals surface area (Å²) < 4.78 is 0. The summed E-state index contributed by atoms with van der Waals surface area (Å²) in [6.07, 6.45) is 15.4. The molecular weight excluding hydrogens is 334 g/mol. The maximum atomic E-state index is 4.64. The third-order valence-electron chi connectivity index (χ3n) is 5.88. The topological polar surface area (TPSA) is 12.9 Å². The first-order valence-electron chi connectivity index (χ1n) is 10.3. The molecule has 0 amide bonds. The molecule has 0 spiro atoms. The Kier molecular flexibility index (Phi) is 7.61. The van der Waals surface area contributed by atoms with Crippen LogP contribution in [-0.2, 0) is 5.75 Å². The fourth-order valence-corrected chi connectivity index (χ4v) is 4.74. The molecular formula is C24H33NS. The van der Waals surface area contributed by atoms with E-state index in [1.807, 2.05) is 18.0 Å². The number of nitrogens with zero attached hydrogens (tertiary/aromatic N) is 1. The van der Waals surface area contributed by atoms with Crippen LogP contribution in [0.2, 0.25) is 0 Å². The van der Waals surface area contributed by atoms with Crippen molar-refractivity contribution in [1.82, 2.24) is 4.98 Å². The highest BCUT2D eigenvalue weighted by molar-refractivity contribution is 7.97. The van der Waals surface area contributed by atoms with E-state index in [0.29, 0.717) is 0 Å². The van der Waals surface area contributed by atoms with Gasteiger partial charge in [0.2, 0.25) is 0 Å². The molecule has 1 aliphatic carbocycles. The Bertz CT molecular complexity index is 639. The Morgan fingerprint density at radius 2 is 1.73 bits per heavy atom. The third-order valence-corrected chi connectivity index (χ3v) is 6.50. The molecule has 1 fully saturated rings.